The number of benzene rings is 1. The molecule has 66 heavy (non-hydrogen) atoms. The fourth-order valence-electron chi connectivity index (χ4n) is 5.42. The van der Waals surface area contributed by atoms with Gasteiger partial charge in [-0.15, -0.1) is 15.3 Å². The van der Waals surface area contributed by atoms with Gasteiger partial charge in [0.25, 0.3) is 47.0 Å². The van der Waals surface area contributed by atoms with Crippen LogP contribution >= 0.6 is 0 Å². The molecule has 0 aliphatic rings. The van der Waals surface area contributed by atoms with Crippen LogP contribution in [0.25, 0.3) is 22.6 Å². The molecule has 28 nitrogen and oxygen atoms in total. The first-order valence-corrected chi connectivity index (χ1v) is 19.2. The van der Waals surface area contributed by atoms with Gasteiger partial charge < -0.3 is 34.2 Å². The summed E-state index contributed by atoms with van der Waals surface area (Å²) < 4.78 is 2.07. The van der Waals surface area contributed by atoms with Crippen molar-refractivity contribution in [3.8, 4) is 6.01 Å². The van der Waals surface area contributed by atoms with Gasteiger partial charge in [0, 0.05) is 90.6 Å². The molecule has 0 fully saturated rings. The van der Waals surface area contributed by atoms with Gasteiger partial charge in [0.15, 0.2) is 0 Å². The molecule has 346 valence electrons. The predicted octanol–water partition coefficient (Wildman–Crippen LogP) is -1.89. The van der Waals surface area contributed by atoms with Crippen LogP contribution in [-0.4, -0.2) is 214 Å². The average Bonchev–Trinajstić information content (AvgIpc) is 4.00. The summed E-state index contributed by atoms with van der Waals surface area (Å²) in [4.78, 5) is 127. The van der Waals surface area contributed by atoms with E-state index in [0.717, 1.165) is 13.6 Å². The Kier molecular flexibility index (Phi) is 14.3. The van der Waals surface area contributed by atoms with E-state index >= 15 is 0 Å². The minimum Gasteiger partial charge on any atom is -0.343 e. The fourth-order valence-corrected chi connectivity index (χ4v) is 5.42. The number of H-pyrrole nitrogens is 2. The van der Waals surface area contributed by atoms with Crippen molar-refractivity contribution in [2.24, 2.45) is 0 Å². The summed E-state index contributed by atoms with van der Waals surface area (Å²) in [5, 5.41) is 19.7. The van der Waals surface area contributed by atoms with Crippen molar-refractivity contribution in [1.29, 1.82) is 0 Å². The molecule has 0 spiro atoms. The van der Waals surface area contributed by atoms with Gasteiger partial charge in [0.2, 0.25) is 0 Å². The Bertz CT molecular complexity index is 2950. The SMILES string of the molecule is CN(C)C(=O)c1cc(C(=O)N(C)C)n2c(=O)[nH]nc2n1.CN(C)C(=O)c1cc(C(=O)N(C)C)n2c(=O)[nH]nc2n1.CN(C)C(=O)c1cc(C(=O)N(C)C)nc(On2nnc3ccccc32)n1. The summed E-state index contributed by atoms with van der Waals surface area (Å²) in [6, 6.07) is 10.9. The lowest BCUT2D eigenvalue weighted by molar-refractivity contribution is 0.0799. The lowest BCUT2D eigenvalue weighted by atomic mass is 10.2. The van der Waals surface area contributed by atoms with E-state index in [9.17, 15) is 38.4 Å². The van der Waals surface area contributed by atoms with Gasteiger partial charge in [-0.3, -0.25) is 28.8 Å². The quantitative estimate of drug-likeness (QED) is 0.168. The number of amides is 6. The molecule has 0 saturated carbocycles. The normalized spacial score (nSPS) is 10.6. The summed E-state index contributed by atoms with van der Waals surface area (Å²) in [5.74, 6) is -2.41. The maximum atomic E-state index is 12.3. The summed E-state index contributed by atoms with van der Waals surface area (Å²) in [5.41, 5.74) is 0.289. The molecule has 0 aliphatic heterocycles. The minimum atomic E-state index is -0.582. The molecule has 0 unspecified atom stereocenters. The number of hydrogen-bond donors (Lipinski definition) is 2. The summed E-state index contributed by atoms with van der Waals surface area (Å²) >= 11 is 0. The Hall–Kier alpha value is -8.98. The molecule has 0 atom stereocenters. The zero-order valence-electron chi connectivity index (χ0n) is 37.8. The van der Waals surface area contributed by atoms with Crippen molar-refractivity contribution in [2.45, 2.75) is 0 Å². The summed E-state index contributed by atoms with van der Waals surface area (Å²) in [7, 11) is 18.8. The molecule has 0 aliphatic carbocycles. The van der Waals surface area contributed by atoms with Gasteiger partial charge in [-0.1, -0.05) is 17.0 Å². The topological polar surface area (TPSA) is 314 Å². The monoisotopic (exact) mass is 911 g/mol. The van der Waals surface area contributed by atoms with E-state index in [1.807, 2.05) is 6.07 Å². The first kappa shape index (κ1) is 48.1. The molecule has 0 bridgehead atoms. The first-order chi connectivity index (χ1) is 31.0. The van der Waals surface area contributed by atoms with Crippen LogP contribution in [0.1, 0.15) is 62.9 Å². The van der Waals surface area contributed by atoms with Gasteiger partial charge >= 0.3 is 17.4 Å². The molecule has 7 aromatic rings. The number of carbonyl (C=O) groups excluding carboxylic acids is 6. The zero-order valence-corrected chi connectivity index (χ0v) is 37.8. The van der Waals surface area contributed by atoms with Crippen molar-refractivity contribution in [1.82, 2.24) is 93.7 Å². The largest absolute Gasteiger partial charge is 0.349 e. The van der Waals surface area contributed by atoms with Crippen molar-refractivity contribution >= 4 is 58.0 Å². The van der Waals surface area contributed by atoms with Crippen LogP contribution in [-0.2, 0) is 0 Å². The number of fused-ring (bicyclic) bond motifs is 3. The second kappa shape index (κ2) is 19.6. The van der Waals surface area contributed by atoms with Crippen LogP contribution in [0, 0.1) is 0 Å². The number of hydrogen-bond acceptors (Lipinski definition) is 17. The minimum absolute atomic E-state index is 0.0205. The van der Waals surface area contributed by atoms with Crippen molar-refractivity contribution < 1.29 is 33.6 Å². The highest BCUT2D eigenvalue weighted by atomic mass is 16.7. The number of nitrogens with zero attached hydrogens (tertiary/aromatic N) is 17. The van der Waals surface area contributed by atoms with E-state index in [1.54, 1.807) is 103 Å². The Morgan fingerprint density at radius 1 is 0.500 bits per heavy atom. The first-order valence-electron chi connectivity index (χ1n) is 19.2. The van der Waals surface area contributed by atoms with Crippen molar-refractivity contribution in [3.05, 3.63) is 97.6 Å². The number of aromatic amines is 2. The third-order valence-corrected chi connectivity index (χ3v) is 8.73. The smallest absolute Gasteiger partial charge is 0.343 e. The Morgan fingerprint density at radius 2 is 0.864 bits per heavy atom. The van der Waals surface area contributed by atoms with E-state index in [1.165, 1.54) is 47.6 Å². The molecule has 6 aromatic heterocycles. The second-order valence-corrected chi connectivity index (χ2v) is 15.0. The van der Waals surface area contributed by atoms with Crippen LogP contribution in [0.3, 0.4) is 0 Å². The van der Waals surface area contributed by atoms with Crippen LogP contribution in [0.15, 0.2) is 52.1 Å². The molecule has 2 N–H and O–H groups in total. The Balaban J connectivity index is 0.000000188. The van der Waals surface area contributed by atoms with E-state index in [4.69, 9.17) is 4.84 Å². The van der Waals surface area contributed by atoms with Gasteiger partial charge in [-0.2, -0.15) is 9.97 Å². The number of rotatable bonds is 8. The highest BCUT2D eigenvalue weighted by Gasteiger charge is 2.24. The van der Waals surface area contributed by atoms with E-state index in [2.05, 4.69) is 50.6 Å². The number of aromatic nitrogens is 13. The Labute approximate surface area is 373 Å². The van der Waals surface area contributed by atoms with Crippen LogP contribution in [0.2, 0.25) is 0 Å². The molecule has 1 aromatic carbocycles. The van der Waals surface area contributed by atoms with Gasteiger partial charge in [0.05, 0.1) is 0 Å². The fraction of sp³-hybridized carbons (Fsp3) is 0.316. The van der Waals surface area contributed by atoms with E-state index < -0.39 is 23.2 Å². The van der Waals surface area contributed by atoms with Crippen LogP contribution in [0.5, 0.6) is 6.01 Å². The molecule has 28 heteroatoms. The summed E-state index contributed by atoms with van der Waals surface area (Å²) in [6.45, 7) is 0. The molecule has 0 radical (unpaired) electrons. The lowest BCUT2D eigenvalue weighted by Gasteiger charge is -2.13. The van der Waals surface area contributed by atoms with Gasteiger partial charge in [0.1, 0.15) is 45.2 Å². The summed E-state index contributed by atoms with van der Waals surface area (Å²) in [6.07, 6.45) is 0. The average molecular weight is 912 g/mol. The van der Waals surface area contributed by atoms with E-state index in [0.29, 0.717) is 11.0 Å². The molecule has 6 amide bonds. The van der Waals surface area contributed by atoms with Crippen LogP contribution in [0.4, 0.5) is 0 Å². The molecule has 6 heterocycles. The number of carbonyl (C=O) groups is 6. The van der Waals surface area contributed by atoms with E-state index in [-0.39, 0.29) is 75.4 Å². The highest BCUT2D eigenvalue weighted by molar-refractivity contribution is 5.99. The third-order valence-electron chi connectivity index (χ3n) is 8.73. The van der Waals surface area contributed by atoms with Gasteiger partial charge in [-0.25, -0.2) is 38.6 Å². The molecular formula is C38H45N19O9. The molecule has 7 rings (SSSR count). The zero-order chi connectivity index (χ0) is 48.9. The maximum absolute atomic E-state index is 12.3. The Morgan fingerprint density at radius 3 is 1.24 bits per heavy atom. The van der Waals surface area contributed by atoms with Crippen molar-refractivity contribution in [2.75, 3.05) is 84.6 Å². The standard InChI is InChI=1S/C16H17N7O3.2C11H14N6O3/c1-21(2)14(24)11-9-12(15(25)22(3)4)18-16(17-11)26-23-13-8-6-5-7-10(13)19-20-23;2*1-15(2)8(18)6-5-7(9(19)16(3)4)17-10(12-6)13-14-11(17)20/h5-9H,1-4H3;2*5H,1-4H3,(H,14,20). The second-order valence-electron chi connectivity index (χ2n) is 15.0. The number of para-hydroxylation sites is 1. The third kappa shape index (κ3) is 10.3. The number of nitrogens with one attached hydrogen (secondary N) is 2. The molecular weight excluding hydrogens is 867 g/mol. The van der Waals surface area contributed by atoms with Gasteiger partial charge in [-0.05, 0) is 29.5 Å². The predicted molar refractivity (Wildman–Crippen MR) is 231 cm³/mol. The maximum Gasteiger partial charge on any atom is 0.349 e. The van der Waals surface area contributed by atoms with Crippen LogP contribution < -0.4 is 16.2 Å². The lowest BCUT2D eigenvalue weighted by Crippen LogP contribution is -2.29. The highest BCUT2D eigenvalue weighted by Crippen LogP contribution is 2.15. The molecule has 0 saturated heterocycles. The van der Waals surface area contributed by atoms with Crippen molar-refractivity contribution in [3.63, 3.8) is 0 Å².